The molecular formula is C18H18N4O2S. The van der Waals surface area contributed by atoms with Gasteiger partial charge in [0, 0.05) is 5.56 Å². The molecule has 0 N–H and O–H groups in total. The molecule has 2 heterocycles. The van der Waals surface area contributed by atoms with Crippen LogP contribution in [-0.2, 0) is 10.0 Å². The summed E-state index contributed by atoms with van der Waals surface area (Å²) in [4.78, 5) is 0.265. The Morgan fingerprint density at radius 2 is 1.68 bits per heavy atom. The lowest BCUT2D eigenvalue weighted by Gasteiger charge is -2.36. The summed E-state index contributed by atoms with van der Waals surface area (Å²) >= 11 is 0. The first-order valence-corrected chi connectivity index (χ1v) is 9.46. The molecule has 0 bridgehead atoms. The molecule has 0 fully saturated rings. The molecule has 0 aliphatic carbocycles. The fourth-order valence-corrected chi connectivity index (χ4v) is 4.82. The van der Waals surface area contributed by atoms with Gasteiger partial charge in [-0.15, -0.1) is 5.10 Å². The molecule has 25 heavy (non-hydrogen) atoms. The van der Waals surface area contributed by atoms with E-state index in [0.717, 1.165) is 22.4 Å². The number of rotatable bonds is 2. The van der Waals surface area contributed by atoms with Crippen LogP contribution in [0.4, 0.5) is 5.69 Å². The number of fused-ring (bicyclic) bond motifs is 3. The van der Waals surface area contributed by atoms with E-state index in [9.17, 15) is 8.42 Å². The van der Waals surface area contributed by atoms with E-state index in [-0.39, 0.29) is 4.90 Å². The smallest absolute Gasteiger partial charge is 0.242 e. The lowest BCUT2D eigenvalue weighted by atomic mass is 10.0. The van der Waals surface area contributed by atoms with Crippen LogP contribution >= 0.6 is 0 Å². The molecule has 3 aromatic rings. The maximum atomic E-state index is 13.4. The van der Waals surface area contributed by atoms with Gasteiger partial charge in [-0.2, -0.15) is 0 Å². The first-order chi connectivity index (χ1) is 11.9. The Morgan fingerprint density at radius 1 is 1.00 bits per heavy atom. The molecule has 1 aromatic heterocycles. The van der Waals surface area contributed by atoms with E-state index >= 15 is 0 Å². The second-order valence-corrected chi connectivity index (χ2v) is 8.15. The number of anilines is 1. The highest BCUT2D eigenvalue weighted by Gasteiger charge is 2.37. The fraction of sp³-hybridized carbons (Fsp3) is 0.222. The van der Waals surface area contributed by atoms with Crippen LogP contribution in [0.3, 0.4) is 0 Å². The zero-order valence-corrected chi connectivity index (χ0v) is 15.0. The van der Waals surface area contributed by atoms with Crippen molar-refractivity contribution < 1.29 is 8.42 Å². The van der Waals surface area contributed by atoms with E-state index in [0.29, 0.717) is 5.69 Å². The molecule has 1 aliphatic rings. The Kier molecular flexibility index (Phi) is 3.43. The molecule has 0 saturated carbocycles. The Bertz CT molecular complexity index is 1050. The largest absolute Gasteiger partial charge is 0.266 e. The second-order valence-electron chi connectivity index (χ2n) is 6.33. The lowest BCUT2D eigenvalue weighted by Crippen LogP contribution is -2.40. The van der Waals surface area contributed by atoms with Crippen molar-refractivity contribution in [3.05, 3.63) is 59.8 Å². The molecule has 4 rings (SSSR count). The fourth-order valence-electron chi connectivity index (χ4n) is 3.21. The van der Waals surface area contributed by atoms with Crippen LogP contribution in [0.15, 0.2) is 53.6 Å². The second kappa shape index (κ2) is 5.42. The monoisotopic (exact) mass is 354 g/mol. The number of hydrogen-bond acceptors (Lipinski definition) is 4. The van der Waals surface area contributed by atoms with Gasteiger partial charge in [0.05, 0.1) is 22.5 Å². The molecule has 1 atom stereocenters. The number of nitrogens with zero attached hydrogens (tertiary/aromatic N) is 4. The third-order valence-electron chi connectivity index (χ3n) is 4.51. The van der Waals surface area contributed by atoms with Gasteiger partial charge in [-0.25, -0.2) is 17.4 Å². The van der Waals surface area contributed by atoms with Gasteiger partial charge >= 0.3 is 0 Å². The summed E-state index contributed by atoms with van der Waals surface area (Å²) in [5.41, 5.74) is 4.29. The third-order valence-corrected chi connectivity index (χ3v) is 6.40. The van der Waals surface area contributed by atoms with Crippen LogP contribution in [0.2, 0.25) is 0 Å². The average Bonchev–Trinajstić information content (AvgIpc) is 3.05. The first kappa shape index (κ1) is 15.8. The van der Waals surface area contributed by atoms with Crippen LogP contribution in [0.5, 0.6) is 0 Å². The molecule has 128 valence electrons. The van der Waals surface area contributed by atoms with Crippen molar-refractivity contribution >= 4 is 15.7 Å². The van der Waals surface area contributed by atoms with E-state index in [1.54, 1.807) is 35.1 Å². The van der Waals surface area contributed by atoms with Crippen LogP contribution in [0, 0.1) is 13.8 Å². The number of benzene rings is 2. The van der Waals surface area contributed by atoms with Crippen LogP contribution in [0.25, 0.3) is 11.3 Å². The van der Waals surface area contributed by atoms with Crippen LogP contribution in [0.1, 0.15) is 24.2 Å². The van der Waals surface area contributed by atoms with E-state index in [2.05, 4.69) is 10.3 Å². The van der Waals surface area contributed by atoms with Gasteiger partial charge < -0.3 is 0 Å². The quantitative estimate of drug-likeness (QED) is 0.708. The van der Waals surface area contributed by atoms with E-state index in [1.165, 1.54) is 4.31 Å². The first-order valence-electron chi connectivity index (χ1n) is 8.02. The molecule has 6 nitrogen and oxygen atoms in total. The molecule has 2 aromatic carbocycles. The molecule has 7 heteroatoms. The third kappa shape index (κ3) is 2.34. The summed E-state index contributed by atoms with van der Waals surface area (Å²) in [6.45, 7) is 5.70. The van der Waals surface area contributed by atoms with Crippen molar-refractivity contribution in [1.29, 1.82) is 0 Å². The maximum Gasteiger partial charge on any atom is 0.266 e. The van der Waals surface area contributed by atoms with Gasteiger partial charge in [0.25, 0.3) is 10.0 Å². The summed E-state index contributed by atoms with van der Waals surface area (Å²) in [5, 5.41) is 8.06. The highest BCUT2D eigenvalue weighted by molar-refractivity contribution is 7.92. The van der Waals surface area contributed by atoms with Gasteiger partial charge in [-0.3, -0.25) is 0 Å². The zero-order chi connectivity index (χ0) is 17.8. The van der Waals surface area contributed by atoms with Crippen molar-refractivity contribution in [2.24, 2.45) is 0 Å². The Balaban J connectivity index is 1.96. The minimum Gasteiger partial charge on any atom is -0.242 e. The Labute approximate surface area is 146 Å². The minimum atomic E-state index is -3.73. The van der Waals surface area contributed by atoms with Crippen LogP contribution < -0.4 is 4.31 Å². The molecule has 0 radical (unpaired) electrons. The molecule has 1 unspecified atom stereocenters. The normalized spacial score (nSPS) is 16.4. The molecule has 0 amide bonds. The summed E-state index contributed by atoms with van der Waals surface area (Å²) in [6, 6.07) is 12.7. The molecule has 0 spiro atoms. The SMILES string of the molecule is Cc1ccc(S(=O)(=O)N2c3cc(C)ccc3-c3cnnn3C2C)cc1. The predicted octanol–water partition coefficient (Wildman–Crippen LogP) is 3.29. The molecular weight excluding hydrogens is 336 g/mol. The highest BCUT2D eigenvalue weighted by atomic mass is 32.2. The number of aryl methyl sites for hydroxylation is 2. The van der Waals surface area contributed by atoms with Gasteiger partial charge in [-0.1, -0.05) is 35.0 Å². The zero-order valence-electron chi connectivity index (χ0n) is 14.2. The van der Waals surface area contributed by atoms with Crippen LogP contribution in [-0.4, -0.2) is 23.4 Å². The summed E-state index contributed by atoms with van der Waals surface area (Å²) in [6.07, 6.45) is 1.17. The average molecular weight is 354 g/mol. The number of hydrogen-bond donors (Lipinski definition) is 0. The molecule has 0 saturated heterocycles. The van der Waals surface area contributed by atoms with Crippen molar-refractivity contribution in [2.75, 3.05) is 4.31 Å². The Hall–Kier alpha value is -2.67. The van der Waals surface area contributed by atoms with Crippen molar-refractivity contribution in [3.8, 4) is 11.3 Å². The van der Waals surface area contributed by atoms with Gasteiger partial charge in [0.2, 0.25) is 0 Å². The lowest BCUT2D eigenvalue weighted by molar-refractivity contribution is 0.479. The highest BCUT2D eigenvalue weighted by Crippen LogP contribution is 2.43. The topological polar surface area (TPSA) is 68.1 Å². The maximum absolute atomic E-state index is 13.4. The van der Waals surface area contributed by atoms with Gasteiger partial charge in [0.1, 0.15) is 6.17 Å². The van der Waals surface area contributed by atoms with E-state index < -0.39 is 16.2 Å². The minimum absolute atomic E-state index is 0.265. The standard InChI is InChI=1S/C18H18N4O2S/c1-12-4-7-15(8-5-12)25(23,24)22-14(3)21-18(11-19-20-21)16-9-6-13(2)10-17(16)22/h4-11,14H,1-3H3. The summed E-state index contributed by atoms with van der Waals surface area (Å²) in [7, 11) is -3.73. The predicted molar refractivity (Wildman–Crippen MR) is 95.7 cm³/mol. The molecule has 1 aliphatic heterocycles. The van der Waals surface area contributed by atoms with Gasteiger partial charge in [-0.05, 0) is 44.5 Å². The van der Waals surface area contributed by atoms with E-state index in [4.69, 9.17) is 0 Å². The van der Waals surface area contributed by atoms with Crippen molar-refractivity contribution in [2.45, 2.75) is 31.8 Å². The summed E-state index contributed by atoms with van der Waals surface area (Å²) < 4.78 is 29.8. The number of sulfonamides is 1. The van der Waals surface area contributed by atoms with Crippen molar-refractivity contribution in [1.82, 2.24) is 15.0 Å². The summed E-state index contributed by atoms with van der Waals surface area (Å²) in [5.74, 6) is 0. The van der Waals surface area contributed by atoms with Gasteiger partial charge in [0.15, 0.2) is 0 Å². The van der Waals surface area contributed by atoms with E-state index in [1.807, 2.05) is 39.0 Å². The van der Waals surface area contributed by atoms with Crippen molar-refractivity contribution in [3.63, 3.8) is 0 Å². The Morgan fingerprint density at radius 3 is 2.40 bits per heavy atom. The number of aromatic nitrogens is 3.